The van der Waals surface area contributed by atoms with Crippen molar-refractivity contribution in [2.24, 2.45) is 11.8 Å². The molecule has 1 aromatic rings. The van der Waals surface area contributed by atoms with E-state index in [1.54, 1.807) is 7.05 Å². The first-order chi connectivity index (χ1) is 9.45. The van der Waals surface area contributed by atoms with Gasteiger partial charge in [-0.3, -0.25) is 5.43 Å². The van der Waals surface area contributed by atoms with Gasteiger partial charge < -0.3 is 0 Å². The van der Waals surface area contributed by atoms with Gasteiger partial charge in [0.1, 0.15) is 4.90 Å². The number of aromatic nitrogens is 2. The van der Waals surface area contributed by atoms with Gasteiger partial charge in [-0.2, -0.15) is 4.31 Å². The van der Waals surface area contributed by atoms with Crippen LogP contribution in [-0.4, -0.2) is 35.8 Å². The molecule has 8 heteroatoms. The van der Waals surface area contributed by atoms with E-state index in [2.05, 4.69) is 22.3 Å². The maximum absolute atomic E-state index is 12.5. The number of sulfonamides is 1. The summed E-state index contributed by atoms with van der Waals surface area (Å²) < 4.78 is 26.5. The highest BCUT2D eigenvalue weighted by Gasteiger charge is 2.31. The Bertz CT molecular complexity index is 545. The Morgan fingerprint density at radius 2 is 2.00 bits per heavy atom. The van der Waals surface area contributed by atoms with Crippen LogP contribution in [0, 0.1) is 5.92 Å². The van der Waals surface area contributed by atoms with E-state index in [0.29, 0.717) is 5.92 Å². The molecule has 3 N–H and O–H groups in total. The minimum absolute atomic E-state index is 0.0519. The summed E-state index contributed by atoms with van der Waals surface area (Å²) in [6, 6.07) is 0.0519. The first-order valence-corrected chi connectivity index (χ1v) is 8.16. The van der Waals surface area contributed by atoms with E-state index >= 15 is 0 Å². The third kappa shape index (κ3) is 3.08. The van der Waals surface area contributed by atoms with Gasteiger partial charge in [0, 0.05) is 13.1 Å². The van der Waals surface area contributed by atoms with Gasteiger partial charge in [-0.1, -0.05) is 19.8 Å². The molecular formula is C12H21N5O2S. The molecule has 2 rings (SSSR count). The van der Waals surface area contributed by atoms with Crippen LogP contribution in [0.1, 0.15) is 32.6 Å². The molecule has 0 radical (unpaired) electrons. The van der Waals surface area contributed by atoms with Gasteiger partial charge in [0.2, 0.25) is 16.0 Å². The monoisotopic (exact) mass is 299 g/mol. The highest BCUT2D eigenvalue weighted by molar-refractivity contribution is 7.89. The summed E-state index contributed by atoms with van der Waals surface area (Å²) in [7, 11) is -1.92. The molecule has 0 saturated heterocycles. The molecule has 0 amide bonds. The predicted octanol–water partition coefficient (Wildman–Crippen LogP) is 0.961. The van der Waals surface area contributed by atoms with E-state index in [0.717, 1.165) is 19.3 Å². The molecule has 1 fully saturated rings. The first kappa shape index (κ1) is 15.1. The Morgan fingerprint density at radius 3 is 2.55 bits per heavy atom. The molecule has 20 heavy (non-hydrogen) atoms. The van der Waals surface area contributed by atoms with Gasteiger partial charge >= 0.3 is 0 Å². The lowest BCUT2D eigenvalue weighted by Gasteiger charge is -2.33. The molecule has 112 valence electrons. The fourth-order valence-corrected chi connectivity index (χ4v) is 3.91. The van der Waals surface area contributed by atoms with Crippen LogP contribution in [0.25, 0.3) is 0 Å². The van der Waals surface area contributed by atoms with Crippen LogP contribution in [0.2, 0.25) is 0 Å². The summed E-state index contributed by atoms with van der Waals surface area (Å²) in [6.07, 6.45) is 6.60. The number of rotatable bonds is 4. The number of hydrogen-bond acceptors (Lipinski definition) is 6. The van der Waals surface area contributed by atoms with Gasteiger partial charge in [-0.05, 0) is 18.8 Å². The van der Waals surface area contributed by atoms with Crippen LogP contribution in [-0.2, 0) is 10.0 Å². The summed E-state index contributed by atoms with van der Waals surface area (Å²) >= 11 is 0. The minimum atomic E-state index is -3.55. The molecule has 2 unspecified atom stereocenters. The van der Waals surface area contributed by atoms with Gasteiger partial charge in [0.15, 0.2) is 0 Å². The Morgan fingerprint density at radius 1 is 1.35 bits per heavy atom. The second kappa shape index (κ2) is 6.02. The van der Waals surface area contributed by atoms with Gasteiger partial charge in [0.25, 0.3) is 0 Å². The lowest BCUT2D eigenvalue weighted by atomic mass is 9.87. The minimum Gasteiger partial charge on any atom is -0.292 e. The Balaban J connectivity index is 2.19. The number of nitrogens with two attached hydrogens (primary N) is 1. The first-order valence-electron chi connectivity index (χ1n) is 6.72. The molecule has 0 spiro atoms. The quantitative estimate of drug-likeness (QED) is 0.634. The summed E-state index contributed by atoms with van der Waals surface area (Å²) in [5.74, 6) is 5.92. The lowest BCUT2D eigenvalue weighted by molar-refractivity contribution is 0.239. The van der Waals surface area contributed by atoms with Crippen LogP contribution < -0.4 is 11.3 Å². The van der Waals surface area contributed by atoms with Gasteiger partial charge in [-0.15, -0.1) is 0 Å². The topological polar surface area (TPSA) is 101 Å². The van der Waals surface area contributed by atoms with Crippen molar-refractivity contribution in [3.8, 4) is 0 Å². The molecule has 0 bridgehead atoms. The number of hydrogen-bond donors (Lipinski definition) is 2. The number of anilines is 1. The molecule has 1 aliphatic carbocycles. The molecule has 7 nitrogen and oxygen atoms in total. The molecule has 1 aromatic heterocycles. The third-order valence-corrected chi connectivity index (χ3v) is 5.72. The van der Waals surface area contributed by atoms with Crippen molar-refractivity contribution in [2.45, 2.75) is 43.5 Å². The summed E-state index contributed by atoms with van der Waals surface area (Å²) in [4.78, 5) is 7.80. The second-order valence-electron chi connectivity index (χ2n) is 5.33. The Hall–Kier alpha value is -1.25. The van der Waals surface area contributed by atoms with Crippen LogP contribution >= 0.6 is 0 Å². The smallest absolute Gasteiger partial charge is 0.246 e. The number of nitrogen functional groups attached to an aromatic ring is 1. The van der Waals surface area contributed by atoms with Crippen molar-refractivity contribution in [2.75, 3.05) is 12.5 Å². The summed E-state index contributed by atoms with van der Waals surface area (Å²) in [5, 5.41) is 0. The maximum atomic E-state index is 12.5. The van der Waals surface area contributed by atoms with Crippen LogP contribution in [0.5, 0.6) is 0 Å². The van der Waals surface area contributed by atoms with Crippen molar-refractivity contribution in [3.63, 3.8) is 0 Å². The fourth-order valence-electron chi connectivity index (χ4n) is 2.62. The van der Waals surface area contributed by atoms with Crippen LogP contribution in [0.3, 0.4) is 0 Å². The molecule has 0 aliphatic heterocycles. The van der Waals surface area contributed by atoms with Crippen molar-refractivity contribution >= 4 is 16.0 Å². The fraction of sp³-hybridized carbons (Fsp3) is 0.667. The van der Waals surface area contributed by atoms with E-state index in [1.807, 2.05) is 0 Å². The van der Waals surface area contributed by atoms with E-state index in [1.165, 1.54) is 23.1 Å². The lowest BCUT2D eigenvalue weighted by Crippen LogP contribution is -2.39. The zero-order valence-electron chi connectivity index (χ0n) is 11.8. The highest BCUT2D eigenvalue weighted by Crippen LogP contribution is 2.29. The van der Waals surface area contributed by atoms with Crippen molar-refractivity contribution in [1.82, 2.24) is 14.3 Å². The average molecular weight is 299 g/mol. The number of nitrogens with zero attached hydrogens (tertiary/aromatic N) is 3. The van der Waals surface area contributed by atoms with E-state index in [4.69, 9.17) is 5.84 Å². The molecular weight excluding hydrogens is 278 g/mol. The molecule has 1 saturated carbocycles. The van der Waals surface area contributed by atoms with Crippen LogP contribution in [0.15, 0.2) is 17.3 Å². The molecule has 0 aromatic carbocycles. The highest BCUT2D eigenvalue weighted by atomic mass is 32.2. The predicted molar refractivity (Wildman–Crippen MR) is 76.2 cm³/mol. The average Bonchev–Trinajstić information content (AvgIpc) is 2.46. The van der Waals surface area contributed by atoms with E-state index < -0.39 is 10.0 Å². The summed E-state index contributed by atoms with van der Waals surface area (Å²) in [6.45, 7) is 2.16. The zero-order valence-corrected chi connectivity index (χ0v) is 12.6. The van der Waals surface area contributed by atoms with Gasteiger partial charge in [-0.25, -0.2) is 24.2 Å². The number of nitrogens with one attached hydrogen (secondary N) is 1. The Kier molecular flexibility index (Phi) is 4.56. The van der Waals surface area contributed by atoms with Crippen LogP contribution in [0.4, 0.5) is 5.95 Å². The zero-order chi connectivity index (χ0) is 14.8. The molecule has 1 heterocycles. The van der Waals surface area contributed by atoms with Crippen molar-refractivity contribution in [1.29, 1.82) is 0 Å². The molecule has 2 atom stereocenters. The third-order valence-electron chi connectivity index (χ3n) is 3.86. The number of hydrazine groups is 1. The maximum Gasteiger partial charge on any atom is 0.246 e. The van der Waals surface area contributed by atoms with E-state index in [9.17, 15) is 8.42 Å². The van der Waals surface area contributed by atoms with Crippen molar-refractivity contribution in [3.05, 3.63) is 12.4 Å². The van der Waals surface area contributed by atoms with Gasteiger partial charge in [0.05, 0.1) is 12.4 Å². The second-order valence-corrected chi connectivity index (χ2v) is 7.33. The standard InChI is InChI=1S/C12H21N5O2S/c1-9-4-3-5-10(6-9)17(2)20(18,19)11-7-14-12(16-13)15-8-11/h7-10H,3-6,13H2,1-2H3,(H,14,15,16). The normalized spacial score (nSPS) is 23.8. The SMILES string of the molecule is CC1CCCC(N(C)S(=O)(=O)c2cnc(NN)nc2)C1. The largest absolute Gasteiger partial charge is 0.292 e. The van der Waals surface area contributed by atoms with E-state index in [-0.39, 0.29) is 16.9 Å². The molecule has 1 aliphatic rings. The summed E-state index contributed by atoms with van der Waals surface area (Å²) in [5.41, 5.74) is 2.27. The van der Waals surface area contributed by atoms with Crippen molar-refractivity contribution < 1.29 is 8.42 Å². The Labute approximate surface area is 119 Å².